The Balaban J connectivity index is 0.00000204. The molecule has 0 aliphatic carbocycles. The minimum atomic E-state index is -0.475. The normalized spacial score (nSPS) is 9.93. The third-order valence-corrected chi connectivity index (χ3v) is 3.69. The van der Waals surface area contributed by atoms with E-state index in [1.54, 1.807) is 13.0 Å². The predicted octanol–water partition coefficient (Wildman–Crippen LogP) is 4.95. The van der Waals surface area contributed by atoms with Gasteiger partial charge in [0.05, 0.1) is 7.11 Å². The summed E-state index contributed by atoms with van der Waals surface area (Å²) in [5.41, 5.74) is 3.53. The molecular weight excluding hydrogens is 368 g/mol. The van der Waals surface area contributed by atoms with E-state index in [-0.39, 0.29) is 12.8 Å². The summed E-state index contributed by atoms with van der Waals surface area (Å²) in [4.78, 5) is 22.4. The fraction of sp³-hybridized carbons (Fsp3) is 0.250. The molecule has 0 saturated heterocycles. The number of carbonyl (C=O) groups is 2. The van der Waals surface area contributed by atoms with E-state index in [0.717, 1.165) is 23.1 Å². The summed E-state index contributed by atoms with van der Waals surface area (Å²) >= 11 is 0. The molecule has 2 aromatic rings. The Morgan fingerprint density at radius 1 is 0.966 bits per heavy atom. The third-order valence-electron chi connectivity index (χ3n) is 3.69. The van der Waals surface area contributed by atoms with Gasteiger partial charge >= 0.3 is 11.9 Å². The SMILES string of the molecule is C=C(C)C(=O)OCOc1ccc(Cc2ccc(/C=C/C(=O)OC)cc2)cc1.CC. The highest BCUT2D eigenvalue weighted by atomic mass is 16.7. The van der Waals surface area contributed by atoms with Crippen molar-refractivity contribution >= 4 is 18.0 Å². The Morgan fingerprint density at radius 2 is 1.52 bits per heavy atom. The lowest BCUT2D eigenvalue weighted by atomic mass is 10.0. The van der Waals surface area contributed by atoms with Crippen LogP contribution in [0.1, 0.15) is 37.5 Å². The van der Waals surface area contributed by atoms with Crippen LogP contribution >= 0.6 is 0 Å². The fourth-order valence-electron chi connectivity index (χ4n) is 2.19. The maximum atomic E-state index is 11.3. The highest BCUT2D eigenvalue weighted by molar-refractivity contribution is 5.87. The smallest absolute Gasteiger partial charge is 0.335 e. The number of methoxy groups -OCH3 is 1. The molecule has 2 rings (SSSR count). The Labute approximate surface area is 172 Å². The molecule has 0 radical (unpaired) electrons. The van der Waals surface area contributed by atoms with E-state index in [1.807, 2.05) is 62.4 Å². The summed E-state index contributed by atoms with van der Waals surface area (Å²) in [6, 6.07) is 15.5. The molecule has 0 fully saturated rings. The molecule has 0 aliphatic rings. The zero-order valence-electron chi connectivity index (χ0n) is 17.4. The van der Waals surface area contributed by atoms with Crippen LogP contribution in [0.4, 0.5) is 0 Å². The first-order valence-electron chi connectivity index (χ1n) is 9.37. The standard InChI is InChI=1S/C22H22O5.C2H6/c1-16(2)22(24)27-15-26-20-11-8-19(9-12-20)14-18-6-4-17(5-7-18)10-13-21(23)25-3;1-2/h4-13H,1,14-15H2,2-3H3;1-2H3/b13-10+;. The van der Waals surface area contributed by atoms with Crippen molar-refractivity contribution in [2.75, 3.05) is 13.9 Å². The summed E-state index contributed by atoms with van der Waals surface area (Å²) < 4.78 is 14.8. The van der Waals surface area contributed by atoms with Crippen molar-refractivity contribution in [3.05, 3.63) is 83.4 Å². The lowest BCUT2D eigenvalue weighted by Gasteiger charge is -2.08. The van der Waals surface area contributed by atoms with Gasteiger partial charge in [0.25, 0.3) is 0 Å². The monoisotopic (exact) mass is 396 g/mol. The third kappa shape index (κ3) is 8.93. The number of hydrogen-bond donors (Lipinski definition) is 0. The van der Waals surface area contributed by atoms with Gasteiger partial charge in [0.2, 0.25) is 6.79 Å². The molecular formula is C24H28O5. The molecule has 0 heterocycles. The summed E-state index contributed by atoms with van der Waals surface area (Å²) in [6.07, 6.45) is 3.87. The number of esters is 2. The number of ether oxygens (including phenoxy) is 3. The van der Waals surface area contributed by atoms with E-state index < -0.39 is 5.97 Å². The molecule has 0 unspecified atom stereocenters. The highest BCUT2D eigenvalue weighted by Crippen LogP contribution is 2.16. The van der Waals surface area contributed by atoms with Gasteiger partial charge in [-0.25, -0.2) is 9.59 Å². The molecule has 29 heavy (non-hydrogen) atoms. The largest absolute Gasteiger partial charge is 0.466 e. The van der Waals surface area contributed by atoms with E-state index in [9.17, 15) is 9.59 Å². The van der Waals surface area contributed by atoms with Gasteiger partial charge in [-0.1, -0.05) is 56.8 Å². The number of benzene rings is 2. The molecule has 0 spiro atoms. The first-order valence-corrected chi connectivity index (χ1v) is 9.37. The van der Waals surface area contributed by atoms with E-state index in [1.165, 1.54) is 13.2 Å². The van der Waals surface area contributed by atoms with Gasteiger partial charge in [-0.3, -0.25) is 0 Å². The zero-order valence-corrected chi connectivity index (χ0v) is 17.4. The van der Waals surface area contributed by atoms with E-state index in [0.29, 0.717) is 11.3 Å². The van der Waals surface area contributed by atoms with E-state index in [2.05, 4.69) is 11.3 Å². The van der Waals surface area contributed by atoms with Crippen molar-refractivity contribution in [1.82, 2.24) is 0 Å². The zero-order chi connectivity index (χ0) is 21.6. The molecule has 0 saturated carbocycles. The number of hydrogen-bond acceptors (Lipinski definition) is 5. The van der Waals surface area contributed by atoms with Gasteiger partial charge in [-0.2, -0.15) is 0 Å². The first kappa shape index (κ1) is 23.7. The molecule has 2 aromatic carbocycles. The van der Waals surface area contributed by atoms with Gasteiger partial charge in [0.1, 0.15) is 5.75 Å². The van der Waals surface area contributed by atoms with Crippen LogP contribution in [-0.4, -0.2) is 25.8 Å². The quantitative estimate of drug-likeness (QED) is 0.359. The van der Waals surface area contributed by atoms with Gasteiger partial charge in [0, 0.05) is 11.6 Å². The van der Waals surface area contributed by atoms with Gasteiger partial charge < -0.3 is 14.2 Å². The van der Waals surface area contributed by atoms with E-state index >= 15 is 0 Å². The van der Waals surface area contributed by atoms with Crippen LogP contribution in [0.25, 0.3) is 6.08 Å². The topological polar surface area (TPSA) is 61.8 Å². The molecule has 0 bridgehead atoms. The van der Waals surface area contributed by atoms with Crippen LogP contribution < -0.4 is 4.74 Å². The number of carbonyl (C=O) groups excluding carboxylic acids is 2. The van der Waals surface area contributed by atoms with Crippen LogP contribution in [0.15, 0.2) is 66.8 Å². The van der Waals surface area contributed by atoms with Crippen LogP contribution in [0.5, 0.6) is 5.75 Å². The Morgan fingerprint density at radius 3 is 2.03 bits per heavy atom. The molecule has 0 N–H and O–H groups in total. The summed E-state index contributed by atoms with van der Waals surface area (Å²) in [6.45, 7) is 8.94. The molecule has 154 valence electrons. The van der Waals surface area contributed by atoms with Crippen molar-refractivity contribution in [2.24, 2.45) is 0 Å². The van der Waals surface area contributed by atoms with Crippen LogP contribution in [0.2, 0.25) is 0 Å². The van der Waals surface area contributed by atoms with Crippen molar-refractivity contribution in [1.29, 1.82) is 0 Å². The molecule has 5 nitrogen and oxygen atoms in total. The fourth-order valence-corrected chi connectivity index (χ4v) is 2.19. The first-order chi connectivity index (χ1) is 14.0. The average Bonchev–Trinajstić information content (AvgIpc) is 2.75. The minimum Gasteiger partial charge on any atom is -0.466 e. The van der Waals surface area contributed by atoms with Crippen LogP contribution in [0, 0.1) is 0 Å². The molecule has 0 aliphatic heterocycles. The van der Waals surface area contributed by atoms with E-state index in [4.69, 9.17) is 9.47 Å². The molecule has 0 amide bonds. The maximum Gasteiger partial charge on any atom is 0.335 e. The van der Waals surface area contributed by atoms with Crippen molar-refractivity contribution in [3.63, 3.8) is 0 Å². The lowest BCUT2D eigenvalue weighted by molar-refractivity contribution is -0.145. The Bertz CT molecular complexity index is 817. The minimum absolute atomic E-state index is 0.147. The Kier molecular flexibility index (Phi) is 10.6. The lowest BCUT2D eigenvalue weighted by Crippen LogP contribution is -2.10. The van der Waals surface area contributed by atoms with Crippen molar-refractivity contribution < 1.29 is 23.8 Å². The summed E-state index contributed by atoms with van der Waals surface area (Å²) in [5, 5.41) is 0. The summed E-state index contributed by atoms with van der Waals surface area (Å²) in [7, 11) is 1.35. The predicted molar refractivity (Wildman–Crippen MR) is 114 cm³/mol. The number of rotatable bonds is 8. The Hall–Kier alpha value is -3.34. The van der Waals surface area contributed by atoms with Crippen LogP contribution in [-0.2, 0) is 25.5 Å². The van der Waals surface area contributed by atoms with Gasteiger partial charge in [-0.05, 0) is 48.2 Å². The second-order valence-corrected chi connectivity index (χ2v) is 5.89. The highest BCUT2D eigenvalue weighted by Gasteiger charge is 2.03. The van der Waals surface area contributed by atoms with Crippen LogP contribution in [0.3, 0.4) is 0 Å². The van der Waals surface area contributed by atoms with Gasteiger partial charge in [0.15, 0.2) is 0 Å². The van der Waals surface area contributed by atoms with Crippen molar-refractivity contribution in [2.45, 2.75) is 27.2 Å². The van der Waals surface area contributed by atoms with Crippen molar-refractivity contribution in [3.8, 4) is 5.75 Å². The molecule has 0 atom stereocenters. The summed E-state index contributed by atoms with van der Waals surface area (Å²) in [5.74, 6) is -0.233. The maximum absolute atomic E-state index is 11.3. The molecule has 0 aromatic heterocycles. The molecule has 5 heteroatoms. The van der Waals surface area contributed by atoms with Gasteiger partial charge in [-0.15, -0.1) is 0 Å². The average molecular weight is 396 g/mol. The second-order valence-electron chi connectivity index (χ2n) is 5.89. The second kappa shape index (κ2) is 12.9.